The van der Waals surface area contributed by atoms with Gasteiger partial charge in [0.05, 0.1) is 23.2 Å². The summed E-state index contributed by atoms with van der Waals surface area (Å²) in [6.45, 7) is 4.19. The Kier molecular flexibility index (Phi) is 4.42. The molecule has 0 amide bonds. The van der Waals surface area contributed by atoms with Crippen LogP contribution in [0.2, 0.25) is 0 Å². The first-order chi connectivity index (χ1) is 13.2. The number of para-hydroxylation sites is 2. The molecule has 4 rings (SSSR count). The number of nitrogens with one attached hydrogen (secondary N) is 1. The second-order valence-corrected chi connectivity index (χ2v) is 6.00. The second-order valence-electron chi connectivity index (χ2n) is 6.00. The lowest BCUT2D eigenvalue weighted by Crippen LogP contribution is -2.05. The molecule has 0 atom stereocenters. The molecule has 0 unspecified atom stereocenters. The van der Waals surface area contributed by atoms with E-state index in [2.05, 4.69) is 15.5 Å². The Morgan fingerprint density at radius 3 is 2.59 bits per heavy atom. The molecule has 0 aliphatic rings. The highest BCUT2D eigenvalue weighted by atomic mass is 16.5. The van der Waals surface area contributed by atoms with Gasteiger partial charge in [0.2, 0.25) is 5.65 Å². The first-order valence-electron chi connectivity index (χ1n) is 8.88. The van der Waals surface area contributed by atoms with Crippen LogP contribution in [-0.4, -0.2) is 32.2 Å². The van der Waals surface area contributed by atoms with Crippen molar-refractivity contribution < 1.29 is 9.53 Å². The predicted molar refractivity (Wildman–Crippen MR) is 103 cm³/mol. The molecule has 0 saturated carbocycles. The number of ether oxygens (including phenoxy) is 1. The van der Waals surface area contributed by atoms with Gasteiger partial charge in [-0.25, -0.2) is 9.78 Å². The molecular weight excluding hydrogens is 342 g/mol. The topological polar surface area (TPSA) is 81.4 Å². The van der Waals surface area contributed by atoms with Crippen LogP contribution in [0.4, 0.5) is 11.5 Å². The minimum atomic E-state index is -0.333. The van der Waals surface area contributed by atoms with Crippen molar-refractivity contribution in [2.75, 3.05) is 11.9 Å². The number of aryl methyl sites for hydroxylation is 1. The van der Waals surface area contributed by atoms with Crippen LogP contribution < -0.4 is 5.32 Å². The van der Waals surface area contributed by atoms with E-state index in [1.54, 1.807) is 19.1 Å². The summed E-state index contributed by atoms with van der Waals surface area (Å²) in [6.07, 6.45) is 0.767. The Morgan fingerprint density at radius 2 is 1.85 bits per heavy atom. The maximum absolute atomic E-state index is 11.8. The summed E-state index contributed by atoms with van der Waals surface area (Å²) in [4.78, 5) is 16.5. The van der Waals surface area contributed by atoms with Crippen LogP contribution in [0.3, 0.4) is 0 Å². The highest BCUT2D eigenvalue weighted by Crippen LogP contribution is 2.25. The summed E-state index contributed by atoms with van der Waals surface area (Å²) in [5.74, 6) is 1.16. The van der Waals surface area contributed by atoms with Crippen molar-refractivity contribution in [3.63, 3.8) is 0 Å². The summed E-state index contributed by atoms with van der Waals surface area (Å²) >= 11 is 0. The number of esters is 1. The van der Waals surface area contributed by atoms with Gasteiger partial charge in [-0.2, -0.15) is 0 Å². The van der Waals surface area contributed by atoms with Crippen molar-refractivity contribution in [1.82, 2.24) is 19.6 Å². The minimum Gasteiger partial charge on any atom is -0.462 e. The van der Waals surface area contributed by atoms with Gasteiger partial charge in [-0.3, -0.25) is 4.40 Å². The van der Waals surface area contributed by atoms with E-state index >= 15 is 0 Å². The number of hydrogen-bond donors (Lipinski definition) is 1. The Labute approximate surface area is 156 Å². The summed E-state index contributed by atoms with van der Waals surface area (Å²) in [5, 5.41) is 11.9. The van der Waals surface area contributed by atoms with E-state index in [0.29, 0.717) is 23.6 Å². The van der Waals surface area contributed by atoms with Crippen LogP contribution in [-0.2, 0) is 11.2 Å². The van der Waals surface area contributed by atoms with Crippen molar-refractivity contribution in [2.45, 2.75) is 20.3 Å². The minimum absolute atomic E-state index is 0.333. The third kappa shape index (κ3) is 3.08. The number of hydrogen-bond acceptors (Lipinski definition) is 6. The third-order valence-corrected chi connectivity index (χ3v) is 4.27. The normalized spacial score (nSPS) is 11.0. The average Bonchev–Trinajstić information content (AvgIpc) is 3.14. The highest BCUT2D eigenvalue weighted by Gasteiger charge is 2.14. The van der Waals surface area contributed by atoms with E-state index < -0.39 is 0 Å². The summed E-state index contributed by atoms with van der Waals surface area (Å²) in [7, 11) is 0. The fourth-order valence-corrected chi connectivity index (χ4v) is 2.99. The van der Waals surface area contributed by atoms with Crippen LogP contribution in [0, 0.1) is 0 Å². The molecule has 0 fully saturated rings. The lowest BCUT2D eigenvalue weighted by molar-refractivity contribution is 0.0526. The number of anilines is 2. The number of carbonyl (C=O) groups is 1. The average molecular weight is 361 g/mol. The van der Waals surface area contributed by atoms with Gasteiger partial charge in [0.15, 0.2) is 5.82 Å². The molecule has 7 nitrogen and oxygen atoms in total. The second kappa shape index (κ2) is 7.03. The molecule has 2 aromatic heterocycles. The van der Waals surface area contributed by atoms with Crippen molar-refractivity contribution in [3.05, 3.63) is 59.9 Å². The van der Waals surface area contributed by atoms with E-state index in [-0.39, 0.29) is 5.97 Å². The van der Waals surface area contributed by atoms with Gasteiger partial charge in [-0.1, -0.05) is 19.1 Å². The molecule has 136 valence electrons. The lowest BCUT2D eigenvalue weighted by Gasteiger charge is -2.10. The first-order valence-corrected chi connectivity index (χ1v) is 8.88. The number of rotatable bonds is 5. The monoisotopic (exact) mass is 361 g/mol. The van der Waals surface area contributed by atoms with Crippen molar-refractivity contribution in [3.8, 4) is 0 Å². The molecule has 1 N–H and O–H groups in total. The smallest absolute Gasteiger partial charge is 0.338 e. The van der Waals surface area contributed by atoms with E-state index in [1.165, 1.54) is 0 Å². The van der Waals surface area contributed by atoms with Gasteiger partial charge < -0.3 is 10.1 Å². The van der Waals surface area contributed by atoms with Crippen LogP contribution in [0.25, 0.3) is 16.7 Å². The van der Waals surface area contributed by atoms with Crippen molar-refractivity contribution >= 4 is 34.2 Å². The van der Waals surface area contributed by atoms with Crippen LogP contribution in [0.15, 0.2) is 48.5 Å². The number of carbonyl (C=O) groups excluding carboxylic acids is 1. The van der Waals surface area contributed by atoms with Crippen LogP contribution in [0.1, 0.15) is 30.0 Å². The molecule has 27 heavy (non-hydrogen) atoms. The molecule has 0 bridgehead atoms. The Hall–Kier alpha value is -3.48. The van der Waals surface area contributed by atoms with Crippen molar-refractivity contribution in [1.29, 1.82) is 0 Å². The summed E-state index contributed by atoms with van der Waals surface area (Å²) in [5.41, 5.74) is 3.80. The molecule has 4 aromatic rings. The molecule has 0 aliphatic heterocycles. The zero-order chi connectivity index (χ0) is 18.8. The fraction of sp³-hybridized carbons (Fsp3) is 0.200. The maximum Gasteiger partial charge on any atom is 0.338 e. The Bertz CT molecular complexity index is 1120. The van der Waals surface area contributed by atoms with E-state index in [4.69, 9.17) is 9.72 Å². The fourth-order valence-electron chi connectivity index (χ4n) is 2.99. The van der Waals surface area contributed by atoms with Crippen LogP contribution >= 0.6 is 0 Å². The van der Waals surface area contributed by atoms with Gasteiger partial charge in [0.1, 0.15) is 5.82 Å². The van der Waals surface area contributed by atoms with E-state index in [9.17, 15) is 4.79 Å². The largest absolute Gasteiger partial charge is 0.462 e. The van der Waals surface area contributed by atoms with Gasteiger partial charge in [0, 0.05) is 12.1 Å². The van der Waals surface area contributed by atoms with Gasteiger partial charge in [0.25, 0.3) is 0 Å². The Morgan fingerprint density at radius 1 is 1.07 bits per heavy atom. The first kappa shape index (κ1) is 17.0. The van der Waals surface area contributed by atoms with Gasteiger partial charge in [-0.05, 0) is 43.3 Å². The van der Waals surface area contributed by atoms with Crippen molar-refractivity contribution in [2.24, 2.45) is 0 Å². The zero-order valence-corrected chi connectivity index (χ0v) is 15.1. The lowest BCUT2D eigenvalue weighted by atomic mass is 10.2. The SMILES string of the molecule is CCOC(=O)c1ccc(Nc2nc3ccccc3n3c(CC)nnc23)cc1. The highest BCUT2D eigenvalue weighted by molar-refractivity contribution is 5.90. The molecule has 0 spiro atoms. The summed E-state index contributed by atoms with van der Waals surface area (Å²) in [6, 6.07) is 15.0. The molecule has 0 saturated heterocycles. The van der Waals surface area contributed by atoms with E-state index in [1.807, 2.05) is 47.7 Å². The number of nitrogens with zero attached hydrogens (tertiary/aromatic N) is 4. The summed E-state index contributed by atoms with van der Waals surface area (Å²) < 4.78 is 7.04. The van der Waals surface area contributed by atoms with Crippen LogP contribution in [0.5, 0.6) is 0 Å². The molecule has 0 radical (unpaired) electrons. The quantitative estimate of drug-likeness (QED) is 0.545. The van der Waals surface area contributed by atoms with E-state index in [0.717, 1.165) is 29.0 Å². The van der Waals surface area contributed by atoms with Gasteiger partial charge >= 0.3 is 5.97 Å². The number of benzene rings is 2. The molecule has 0 aliphatic carbocycles. The maximum atomic E-state index is 11.8. The molecular formula is C20H19N5O2. The standard InChI is InChI=1S/C20H19N5O2/c1-3-17-23-24-19-18(22-15-7-5-6-8-16(15)25(17)19)21-14-11-9-13(10-12-14)20(26)27-4-2/h5-12H,3-4H2,1-2H3,(H,21,22). The Balaban J connectivity index is 1.75. The predicted octanol–water partition coefficient (Wildman–Crippen LogP) is 3.76. The molecule has 2 aromatic carbocycles. The number of fused-ring (bicyclic) bond motifs is 3. The zero-order valence-electron chi connectivity index (χ0n) is 15.1. The van der Waals surface area contributed by atoms with Gasteiger partial charge in [-0.15, -0.1) is 10.2 Å². The molecule has 2 heterocycles. The third-order valence-electron chi connectivity index (χ3n) is 4.27. The molecule has 7 heteroatoms. The number of aromatic nitrogens is 4.